The Morgan fingerprint density at radius 3 is 2.28 bits per heavy atom. The van der Waals surface area contributed by atoms with Crippen molar-refractivity contribution < 1.29 is 14.4 Å². The van der Waals surface area contributed by atoms with Crippen LogP contribution in [-0.4, -0.2) is 22.7 Å². The summed E-state index contributed by atoms with van der Waals surface area (Å²) in [6.45, 7) is 3.83. The molecule has 0 saturated carbocycles. The number of imide groups is 1. The lowest BCUT2D eigenvalue weighted by Crippen LogP contribution is -2.32. The Labute approximate surface area is 206 Å². The minimum atomic E-state index is -0.592. The number of benzene rings is 2. The minimum absolute atomic E-state index is 0.0128. The number of anilines is 3. The molecular formula is C22H16ClIN4O3S. The van der Waals surface area contributed by atoms with Crippen LogP contribution in [0.2, 0.25) is 0 Å². The number of aryl methyl sites for hydroxylation is 2. The third kappa shape index (κ3) is 4.41. The molecule has 3 aromatic rings. The Kier molecular flexibility index (Phi) is 6.31. The van der Waals surface area contributed by atoms with E-state index in [1.165, 1.54) is 11.3 Å². The van der Waals surface area contributed by atoms with Crippen LogP contribution < -0.4 is 15.5 Å². The van der Waals surface area contributed by atoms with Gasteiger partial charge in [-0.25, -0.2) is 9.88 Å². The molecule has 2 heterocycles. The van der Waals surface area contributed by atoms with Crippen molar-refractivity contribution >= 4 is 79.8 Å². The minimum Gasteiger partial charge on any atom is -0.350 e. The van der Waals surface area contributed by atoms with Crippen LogP contribution in [0.15, 0.2) is 59.3 Å². The van der Waals surface area contributed by atoms with Gasteiger partial charge in [-0.05, 0) is 85.0 Å². The van der Waals surface area contributed by atoms with E-state index in [1.54, 1.807) is 48.5 Å². The molecular weight excluding hydrogens is 563 g/mol. The third-order valence-corrected chi connectivity index (χ3v) is 6.84. The smallest absolute Gasteiger partial charge is 0.283 e. The lowest BCUT2D eigenvalue weighted by molar-refractivity contribution is -0.120. The first kappa shape index (κ1) is 22.4. The average Bonchev–Trinajstić information content (AvgIpc) is 3.19. The second-order valence-corrected chi connectivity index (χ2v) is 9.75. The molecule has 162 valence electrons. The molecule has 0 spiro atoms. The fraction of sp³-hybridized carbons (Fsp3) is 0.0909. The van der Waals surface area contributed by atoms with E-state index in [4.69, 9.17) is 11.6 Å². The Bertz CT molecular complexity index is 1250. The number of thiazole rings is 1. The average molecular weight is 579 g/mol. The van der Waals surface area contributed by atoms with Crippen molar-refractivity contribution in [1.29, 1.82) is 0 Å². The fourth-order valence-electron chi connectivity index (χ4n) is 2.98. The summed E-state index contributed by atoms with van der Waals surface area (Å²) in [5.41, 5.74) is 2.25. The summed E-state index contributed by atoms with van der Waals surface area (Å²) < 4.78 is 0.979. The molecule has 4 rings (SSSR count). The molecule has 1 aliphatic heterocycles. The van der Waals surface area contributed by atoms with Gasteiger partial charge in [0.05, 0.1) is 11.4 Å². The normalized spacial score (nSPS) is 13.7. The number of nitrogens with zero attached hydrogens (tertiary/aromatic N) is 2. The molecule has 0 fully saturated rings. The fourth-order valence-corrected chi connectivity index (χ4v) is 4.36. The van der Waals surface area contributed by atoms with Crippen molar-refractivity contribution in [2.45, 2.75) is 13.8 Å². The van der Waals surface area contributed by atoms with E-state index >= 15 is 0 Å². The van der Waals surface area contributed by atoms with Gasteiger partial charge in [0.25, 0.3) is 17.7 Å². The number of amides is 3. The summed E-state index contributed by atoms with van der Waals surface area (Å²) in [6, 6.07) is 13.5. The van der Waals surface area contributed by atoms with Crippen LogP contribution in [0.5, 0.6) is 0 Å². The van der Waals surface area contributed by atoms with Crippen LogP contribution >= 0.6 is 45.5 Å². The van der Waals surface area contributed by atoms with Gasteiger partial charge in [-0.2, -0.15) is 0 Å². The molecule has 1 aliphatic rings. The number of halogens is 2. The van der Waals surface area contributed by atoms with Gasteiger partial charge in [-0.1, -0.05) is 11.6 Å². The molecule has 0 unspecified atom stereocenters. The number of nitrogens with one attached hydrogen (secondary N) is 2. The SMILES string of the molecule is Cc1nc(NC(=O)c2ccc(NC3=C(Cl)C(=O)N(c4ccc(I)cc4)C3=O)cc2)sc1C. The van der Waals surface area contributed by atoms with Crippen LogP contribution in [0.3, 0.4) is 0 Å². The quantitative estimate of drug-likeness (QED) is 0.327. The summed E-state index contributed by atoms with van der Waals surface area (Å²) in [5, 5.41) is 6.02. The highest BCUT2D eigenvalue weighted by molar-refractivity contribution is 14.1. The van der Waals surface area contributed by atoms with Crippen LogP contribution in [0.25, 0.3) is 0 Å². The number of carbonyl (C=O) groups is 3. The first-order chi connectivity index (χ1) is 15.2. The predicted octanol–water partition coefficient (Wildman–Crippen LogP) is 5.05. The largest absolute Gasteiger partial charge is 0.350 e. The lowest BCUT2D eigenvalue weighted by atomic mass is 10.2. The molecule has 10 heteroatoms. The van der Waals surface area contributed by atoms with Crippen LogP contribution in [0.1, 0.15) is 20.9 Å². The summed E-state index contributed by atoms with van der Waals surface area (Å²) in [6.07, 6.45) is 0. The van der Waals surface area contributed by atoms with Gasteiger partial charge in [0.15, 0.2) is 5.13 Å². The topological polar surface area (TPSA) is 91.4 Å². The van der Waals surface area contributed by atoms with E-state index in [2.05, 4.69) is 38.2 Å². The Hall–Kier alpha value is -2.76. The van der Waals surface area contributed by atoms with E-state index in [1.807, 2.05) is 13.8 Å². The van der Waals surface area contributed by atoms with Crippen molar-refractivity contribution in [3.63, 3.8) is 0 Å². The summed E-state index contributed by atoms with van der Waals surface area (Å²) in [7, 11) is 0. The van der Waals surface area contributed by atoms with E-state index in [9.17, 15) is 14.4 Å². The molecule has 7 nitrogen and oxygen atoms in total. The second-order valence-electron chi connectivity index (χ2n) is 6.93. The van der Waals surface area contributed by atoms with Crippen molar-refractivity contribution in [3.05, 3.63) is 79.0 Å². The molecule has 0 saturated heterocycles. The lowest BCUT2D eigenvalue weighted by Gasteiger charge is -2.15. The highest BCUT2D eigenvalue weighted by Gasteiger charge is 2.38. The van der Waals surface area contributed by atoms with Crippen molar-refractivity contribution in [2.24, 2.45) is 0 Å². The van der Waals surface area contributed by atoms with Crippen molar-refractivity contribution in [3.8, 4) is 0 Å². The number of carbonyl (C=O) groups excluding carboxylic acids is 3. The van der Waals surface area contributed by atoms with Crippen LogP contribution in [0, 0.1) is 17.4 Å². The molecule has 0 atom stereocenters. The van der Waals surface area contributed by atoms with Gasteiger partial charge in [-0.3, -0.25) is 19.7 Å². The first-order valence-electron chi connectivity index (χ1n) is 9.41. The first-order valence-corrected chi connectivity index (χ1v) is 11.7. The zero-order valence-electron chi connectivity index (χ0n) is 16.9. The molecule has 0 aliphatic carbocycles. The summed E-state index contributed by atoms with van der Waals surface area (Å²) >= 11 is 9.72. The molecule has 0 radical (unpaired) electrons. The molecule has 3 amide bonds. The highest BCUT2D eigenvalue weighted by Crippen LogP contribution is 2.30. The van der Waals surface area contributed by atoms with Gasteiger partial charge in [0.1, 0.15) is 10.7 Å². The maximum Gasteiger partial charge on any atom is 0.283 e. The van der Waals surface area contributed by atoms with E-state index in [0.717, 1.165) is 19.0 Å². The molecule has 2 N–H and O–H groups in total. The van der Waals surface area contributed by atoms with E-state index in [0.29, 0.717) is 22.1 Å². The maximum atomic E-state index is 12.9. The standard InChI is InChI=1S/C22H16ClIN4O3S/c1-11-12(2)32-22(25-11)27-19(29)13-3-7-15(8-4-13)26-18-17(23)20(30)28(21(18)31)16-9-5-14(24)6-10-16/h3-10,26H,1-2H3,(H,25,27,29). The number of hydrogen-bond acceptors (Lipinski definition) is 6. The third-order valence-electron chi connectivity index (χ3n) is 4.78. The second kappa shape index (κ2) is 9.00. The number of rotatable bonds is 5. The zero-order chi connectivity index (χ0) is 23.0. The van der Waals surface area contributed by atoms with E-state index < -0.39 is 11.8 Å². The molecule has 1 aromatic heterocycles. The monoisotopic (exact) mass is 578 g/mol. The molecule has 32 heavy (non-hydrogen) atoms. The molecule has 0 bridgehead atoms. The summed E-state index contributed by atoms with van der Waals surface area (Å²) in [4.78, 5) is 44.2. The van der Waals surface area contributed by atoms with Crippen LogP contribution in [-0.2, 0) is 9.59 Å². The number of aromatic nitrogens is 1. The van der Waals surface area contributed by atoms with Crippen molar-refractivity contribution in [1.82, 2.24) is 4.98 Å². The number of hydrogen-bond donors (Lipinski definition) is 2. The van der Waals surface area contributed by atoms with Gasteiger partial charge in [0, 0.05) is 19.7 Å². The van der Waals surface area contributed by atoms with Gasteiger partial charge < -0.3 is 5.32 Å². The van der Waals surface area contributed by atoms with Gasteiger partial charge in [0.2, 0.25) is 0 Å². The summed E-state index contributed by atoms with van der Waals surface area (Å²) in [5.74, 6) is -1.43. The van der Waals surface area contributed by atoms with Gasteiger partial charge in [-0.15, -0.1) is 11.3 Å². The maximum absolute atomic E-state index is 12.9. The Morgan fingerprint density at radius 1 is 1.03 bits per heavy atom. The molecule has 2 aromatic carbocycles. The van der Waals surface area contributed by atoms with Gasteiger partial charge >= 0.3 is 0 Å². The predicted molar refractivity (Wildman–Crippen MR) is 134 cm³/mol. The van der Waals surface area contributed by atoms with E-state index in [-0.39, 0.29) is 16.6 Å². The Balaban J connectivity index is 1.48. The Morgan fingerprint density at radius 2 is 1.69 bits per heavy atom. The zero-order valence-corrected chi connectivity index (χ0v) is 20.6. The highest BCUT2D eigenvalue weighted by atomic mass is 127. The van der Waals surface area contributed by atoms with Crippen LogP contribution in [0.4, 0.5) is 16.5 Å². The van der Waals surface area contributed by atoms with Crippen molar-refractivity contribution in [2.75, 3.05) is 15.5 Å².